The molecule has 0 atom stereocenters. The van der Waals surface area contributed by atoms with E-state index in [1.54, 1.807) is 13.3 Å². The molecule has 5 heteroatoms. The first-order chi connectivity index (χ1) is 6.77. The molecule has 0 bridgehead atoms. The van der Waals surface area contributed by atoms with Crippen molar-refractivity contribution in [3.8, 4) is 5.88 Å². The molecule has 1 aromatic rings. The molecule has 0 fully saturated rings. The number of hydrogen-bond donors (Lipinski definition) is 0. The maximum absolute atomic E-state index is 5.62. The van der Waals surface area contributed by atoms with Gasteiger partial charge in [0.05, 0.1) is 12.7 Å². The topological polar surface area (TPSA) is 35.0 Å². The number of allylic oxidation sites excluding steroid dienone is 1. The summed E-state index contributed by atoms with van der Waals surface area (Å²) in [6.45, 7) is 0. The Morgan fingerprint density at radius 1 is 1.64 bits per heavy atom. The highest BCUT2D eigenvalue weighted by atomic mass is 79.9. The SMILES string of the molecule is COc1nc(Cl)ncc1C=CCCBr. The van der Waals surface area contributed by atoms with Gasteiger partial charge in [0.2, 0.25) is 11.2 Å². The molecule has 0 N–H and O–H groups in total. The minimum absolute atomic E-state index is 0.194. The minimum atomic E-state index is 0.194. The summed E-state index contributed by atoms with van der Waals surface area (Å²) in [4.78, 5) is 7.82. The van der Waals surface area contributed by atoms with E-state index in [9.17, 15) is 0 Å². The number of halogens is 2. The van der Waals surface area contributed by atoms with Crippen LogP contribution in [0.15, 0.2) is 12.3 Å². The number of nitrogens with zero attached hydrogens (tertiary/aromatic N) is 2. The second-order valence-corrected chi connectivity index (χ2v) is 3.61. The molecular weight excluding hydrogens is 267 g/mol. The Kier molecular flexibility index (Phi) is 4.90. The van der Waals surface area contributed by atoms with Crippen molar-refractivity contribution in [3.05, 3.63) is 23.1 Å². The van der Waals surface area contributed by atoms with Gasteiger partial charge in [0.25, 0.3) is 0 Å². The molecule has 3 nitrogen and oxygen atoms in total. The van der Waals surface area contributed by atoms with Crippen LogP contribution in [0.4, 0.5) is 0 Å². The number of aromatic nitrogens is 2. The van der Waals surface area contributed by atoms with Crippen LogP contribution < -0.4 is 4.74 Å². The van der Waals surface area contributed by atoms with Crippen molar-refractivity contribution in [1.29, 1.82) is 0 Å². The summed E-state index contributed by atoms with van der Waals surface area (Å²) in [5, 5.41) is 1.12. The normalized spacial score (nSPS) is 10.8. The van der Waals surface area contributed by atoms with Crippen molar-refractivity contribution < 1.29 is 4.74 Å². The summed E-state index contributed by atoms with van der Waals surface area (Å²) in [5.41, 5.74) is 0.831. The average Bonchev–Trinajstić information content (AvgIpc) is 2.20. The van der Waals surface area contributed by atoms with E-state index < -0.39 is 0 Å². The quantitative estimate of drug-likeness (QED) is 0.627. The molecule has 1 heterocycles. The molecule has 0 aliphatic heterocycles. The number of rotatable bonds is 4. The lowest BCUT2D eigenvalue weighted by Gasteiger charge is -2.02. The van der Waals surface area contributed by atoms with Crippen LogP contribution in [0.2, 0.25) is 5.28 Å². The van der Waals surface area contributed by atoms with E-state index in [0.717, 1.165) is 17.3 Å². The molecule has 0 unspecified atom stereocenters. The van der Waals surface area contributed by atoms with E-state index >= 15 is 0 Å². The minimum Gasteiger partial charge on any atom is -0.480 e. The zero-order valence-corrected chi connectivity index (χ0v) is 10.0. The van der Waals surface area contributed by atoms with Crippen LogP contribution in [0.3, 0.4) is 0 Å². The third-order valence-corrected chi connectivity index (χ3v) is 2.16. The molecule has 0 amide bonds. The summed E-state index contributed by atoms with van der Waals surface area (Å²) in [7, 11) is 1.56. The molecule has 1 aromatic heterocycles. The molecular formula is C9H10BrClN2O. The van der Waals surface area contributed by atoms with Crippen LogP contribution in [-0.2, 0) is 0 Å². The molecule has 0 aliphatic rings. The fourth-order valence-electron chi connectivity index (χ4n) is 0.906. The van der Waals surface area contributed by atoms with E-state index in [4.69, 9.17) is 16.3 Å². The maximum Gasteiger partial charge on any atom is 0.225 e. The summed E-state index contributed by atoms with van der Waals surface area (Å²) in [5.74, 6) is 0.496. The molecule has 0 saturated carbocycles. The predicted molar refractivity (Wildman–Crippen MR) is 61.0 cm³/mol. The van der Waals surface area contributed by atoms with Gasteiger partial charge in [-0.15, -0.1) is 0 Å². The molecule has 0 aromatic carbocycles. The second-order valence-electron chi connectivity index (χ2n) is 2.48. The van der Waals surface area contributed by atoms with Crippen LogP contribution in [0.25, 0.3) is 6.08 Å². The lowest BCUT2D eigenvalue weighted by molar-refractivity contribution is 0.396. The monoisotopic (exact) mass is 276 g/mol. The second kappa shape index (κ2) is 5.98. The third-order valence-electron chi connectivity index (χ3n) is 1.52. The van der Waals surface area contributed by atoms with Crippen molar-refractivity contribution >= 4 is 33.6 Å². The van der Waals surface area contributed by atoms with E-state index in [0.29, 0.717) is 5.88 Å². The average molecular weight is 278 g/mol. The summed E-state index contributed by atoms with van der Waals surface area (Å²) < 4.78 is 5.06. The first kappa shape index (κ1) is 11.5. The van der Waals surface area contributed by atoms with Gasteiger partial charge in [0.15, 0.2) is 0 Å². The molecule has 0 saturated heterocycles. The highest BCUT2D eigenvalue weighted by Crippen LogP contribution is 2.17. The van der Waals surface area contributed by atoms with Crippen LogP contribution in [-0.4, -0.2) is 22.4 Å². The van der Waals surface area contributed by atoms with Crippen molar-refractivity contribution in [3.63, 3.8) is 0 Å². The molecule has 0 aliphatic carbocycles. The van der Waals surface area contributed by atoms with Crippen molar-refractivity contribution in [1.82, 2.24) is 9.97 Å². The van der Waals surface area contributed by atoms with E-state index in [-0.39, 0.29) is 5.28 Å². The van der Waals surface area contributed by atoms with Gasteiger partial charge < -0.3 is 4.74 Å². The van der Waals surface area contributed by atoms with Gasteiger partial charge in [0, 0.05) is 11.5 Å². The van der Waals surface area contributed by atoms with Crippen LogP contribution in [0.5, 0.6) is 5.88 Å². The van der Waals surface area contributed by atoms with Crippen LogP contribution in [0, 0.1) is 0 Å². The first-order valence-electron chi connectivity index (χ1n) is 4.07. The lowest BCUT2D eigenvalue weighted by atomic mass is 10.3. The van der Waals surface area contributed by atoms with Gasteiger partial charge >= 0.3 is 0 Å². The van der Waals surface area contributed by atoms with Crippen LogP contribution in [0.1, 0.15) is 12.0 Å². The van der Waals surface area contributed by atoms with E-state index in [1.807, 2.05) is 12.2 Å². The van der Waals surface area contributed by atoms with Crippen molar-refractivity contribution in [2.75, 3.05) is 12.4 Å². The zero-order valence-electron chi connectivity index (χ0n) is 7.70. The Morgan fingerprint density at radius 2 is 2.43 bits per heavy atom. The molecule has 1 rings (SSSR count). The number of alkyl halides is 1. The Balaban J connectivity index is 2.85. The summed E-state index contributed by atoms with van der Waals surface area (Å²) in [6.07, 6.45) is 6.52. The predicted octanol–water partition coefficient (Wildman–Crippen LogP) is 2.94. The summed E-state index contributed by atoms with van der Waals surface area (Å²) >= 11 is 8.96. The molecule has 14 heavy (non-hydrogen) atoms. The number of ether oxygens (including phenoxy) is 1. The lowest BCUT2D eigenvalue weighted by Crippen LogP contribution is -1.93. The Bertz CT molecular complexity index is 331. The smallest absolute Gasteiger partial charge is 0.225 e. The number of methoxy groups -OCH3 is 1. The zero-order chi connectivity index (χ0) is 10.4. The highest BCUT2D eigenvalue weighted by molar-refractivity contribution is 9.09. The van der Waals surface area contributed by atoms with Gasteiger partial charge in [-0.1, -0.05) is 28.1 Å². The Hall–Kier alpha value is -0.610. The maximum atomic E-state index is 5.62. The van der Waals surface area contributed by atoms with Gasteiger partial charge in [-0.2, -0.15) is 4.98 Å². The van der Waals surface area contributed by atoms with Crippen LogP contribution >= 0.6 is 27.5 Å². The van der Waals surface area contributed by atoms with Gasteiger partial charge in [-0.3, -0.25) is 0 Å². The standard InChI is InChI=1S/C9H10BrClN2O/c1-14-8-7(4-2-3-5-10)6-12-9(11)13-8/h2,4,6H,3,5H2,1H3. The summed E-state index contributed by atoms with van der Waals surface area (Å²) in [6, 6.07) is 0. The molecule has 0 radical (unpaired) electrons. The van der Waals surface area contributed by atoms with Crippen molar-refractivity contribution in [2.24, 2.45) is 0 Å². The van der Waals surface area contributed by atoms with Crippen molar-refractivity contribution in [2.45, 2.75) is 6.42 Å². The third kappa shape index (κ3) is 3.27. The number of hydrogen-bond acceptors (Lipinski definition) is 3. The Labute approximate surface area is 96.3 Å². The van der Waals surface area contributed by atoms with E-state index in [2.05, 4.69) is 25.9 Å². The Morgan fingerprint density at radius 3 is 3.07 bits per heavy atom. The first-order valence-corrected chi connectivity index (χ1v) is 5.57. The largest absolute Gasteiger partial charge is 0.480 e. The van der Waals surface area contributed by atoms with Gasteiger partial charge in [0.1, 0.15) is 0 Å². The fourth-order valence-corrected chi connectivity index (χ4v) is 1.30. The highest BCUT2D eigenvalue weighted by Gasteiger charge is 2.02. The fraction of sp³-hybridized carbons (Fsp3) is 0.333. The van der Waals surface area contributed by atoms with Gasteiger partial charge in [-0.05, 0) is 18.0 Å². The van der Waals surface area contributed by atoms with E-state index in [1.165, 1.54) is 0 Å². The van der Waals surface area contributed by atoms with Gasteiger partial charge in [-0.25, -0.2) is 4.98 Å². The molecule has 0 spiro atoms. The molecule has 76 valence electrons.